The van der Waals surface area contributed by atoms with E-state index in [0.29, 0.717) is 32.4 Å². The number of anilines is 1. The van der Waals surface area contributed by atoms with Crippen molar-refractivity contribution in [1.82, 2.24) is 20.9 Å². The first kappa shape index (κ1) is 20.7. The van der Waals surface area contributed by atoms with E-state index >= 15 is 0 Å². The molecule has 3 heterocycles. The zero-order valence-corrected chi connectivity index (χ0v) is 17.7. The molecule has 0 aliphatic carbocycles. The fourth-order valence-corrected chi connectivity index (χ4v) is 4.86. The second kappa shape index (κ2) is 8.63. The summed E-state index contributed by atoms with van der Waals surface area (Å²) < 4.78 is 0. The smallest absolute Gasteiger partial charge is 0.315 e. The lowest BCUT2D eigenvalue weighted by Gasteiger charge is -2.37. The molecule has 4 rings (SSSR count). The van der Waals surface area contributed by atoms with Crippen molar-refractivity contribution in [1.29, 1.82) is 0 Å². The molecule has 3 atom stereocenters. The normalized spacial score (nSPS) is 25.6. The molecule has 3 N–H and O–H groups in total. The molecule has 8 nitrogen and oxygen atoms in total. The molecule has 8 heteroatoms. The van der Waals surface area contributed by atoms with Crippen LogP contribution in [0.2, 0.25) is 0 Å². The minimum atomic E-state index is -0.240. The van der Waals surface area contributed by atoms with Crippen molar-refractivity contribution in [2.24, 2.45) is 0 Å². The summed E-state index contributed by atoms with van der Waals surface area (Å²) >= 11 is 0. The minimum Gasteiger partial charge on any atom is -0.353 e. The third-order valence-electron chi connectivity index (χ3n) is 6.26. The molecular formula is C22H31N5O3. The summed E-state index contributed by atoms with van der Waals surface area (Å²) in [6.07, 6.45) is 2.64. The molecule has 3 unspecified atom stereocenters. The van der Waals surface area contributed by atoms with E-state index < -0.39 is 0 Å². The molecule has 2 saturated heterocycles. The van der Waals surface area contributed by atoms with Gasteiger partial charge in [0, 0.05) is 49.9 Å². The molecule has 0 spiro atoms. The van der Waals surface area contributed by atoms with Crippen molar-refractivity contribution < 1.29 is 14.4 Å². The maximum absolute atomic E-state index is 12.9. The number of amides is 4. The van der Waals surface area contributed by atoms with Crippen LogP contribution in [0.25, 0.3) is 0 Å². The van der Waals surface area contributed by atoms with Crippen LogP contribution in [0.15, 0.2) is 24.3 Å². The summed E-state index contributed by atoms with van der Waals surface area (Å²) in [5.41, 5.74) is 2.25. The van der Waals surface area contributed by atoms with Gasteiger partial charge in [-0.05, 0) is 44.7 Å². The number of benzene rings is 1. The van der Waals surface area contributed by atoms with Crippen molar-refractivity contribution in [3.05, 3.63) is 29.8 Å². The standard InChI is InChI=1S/C22H31N5O3/c1-14(2)24-22(30)25-16-11-19-21(29)23-12-17(27(19)13-16)7-8-20(28)26-10-9-15-5-3-4-6-18(15)26/h3-6,14,16-17,19H,7-13H2,1-2H3,(H,23,29)(H2,24,25,30). The van der Waals surface area contributed by atoms with Gasteiger partial charge in [0.15, 0.2) is 0 Å². The zero-order chi connectivity index (χ0) is 21.3. The monoisotopic (exact) mass is 413 g/mol. The molecule has 2 fully saturated rings. The Balaban J connectivity index is 1.34. The molecule has 1 aromatic rings. The molecule has 0 saturated carbocycles. The summed E-state index contributed by atoms with van der Waals surface area (Å²) in [4.78, 5) is 41.3. The summed E-state index contributed by atoms with van der Waals surface area (Å²) in [5.74, 6) is 0.151. The number of fused-ring (bicyclic) bond motifs is 2. The SMILES string of the molecule is CC(C)NC(=O)NC1CC2C(=O)NCC(CCC(=O)N3CCc4ccccc43)N2C1. The van der Waals surface area contributed by atoms with Gasteiger partial charge in [0.1, 0.15) is 0 Å². The summed E-state index contributed by atoms with van der Waals surface area (Å²) in [5, 5.41) is 8.80. The molecule has 30 heavy (non-hydrogen) atoms. The molecule has 0 bridgehead atoms. The number of urea groups is 1. The predicted octanol–water partition coefficient (Wildman–Crippen LogP) is 1.00. The van der Waals surface area contributed by atoms with Gasteiger partial charge in [0.25, 0.3) is 0 Å². The van der Waals surface area contributed by atoms with E-state index in [1.165, 1.54) is 5.56 Å². The number of rotatable bonds is 5. The van der Waals surface area contributed by atoms with Gasteiger partial charge < -0.3 is 20.9 Å². The molecule has 3 aliphatic rings. The van der Waals surface area contributed by atoms with Crippen molar-refractivity contribution >= 4 is 23.5 Å². The average Bonchev–Trinajstić information content (AvgIpc) is 3.31. The van der Waals surface area contributed by atoms with Gasteiger partial charge in [0.2, 0.25) is 11.8 Å². The number of hydrogen-bond acceptors (Lipinski definition) is 4. The number of piperazine rings is 1. The van der Waals surface area contributed by atoms with E-state index in [1.807, 2.05) is 36.9 Å². The van der Waals surface area contributed by atoms with E-state index in [0.717, 1.165) is 18.7 Å². The van der Waals surface area contributed by atoms with Crippen molar-refractivity contribution in [3.8, 4) is 0 Å². The van der Waals surface area contributed by atoms with Crippen LogP contribution in [0.1, 0.15) is 38.7 Å². The Morgan fingerprint density at radius 3 is 2.87 bits per heavy atom. The van der Waals surface area contributed by atoms with Gasteiger partial charge in [-0.15, -0.1) is 0 Å². The van der Waals surface area contributed by atoms with E-state index in [-0.39, 0.29) is 42.0 Å². The Hall–Kier alpha value is -2.61. The van der Waals surface area contributed by atoms with Gasteiger partial charge in [-0.1, -0.05) is 18.2 Å². The summed E-state index contributed by atoms with van der Waals surface area (Å²) in [6.45, 7) is 5.75. The number of nitrogens with zero attached hydrogens (tertiary/aromatic N) is 2. The van der Waals surface area contributed by atoms with E-state index in [4.69, 9.17) is 0 Å². The van der Waals surface area contributed by atoms with Crippen LogP contribution in [-0.4, -0.2) is 66.5 Å². The number of para-hydroxylation sites is 1. The fraction of sp³-hybridized carbons (Fsp3) is 0.591. The Labute approximate surface area is 177 Å². The molecule has 0 radical (unpaired) electrons. The highest BCUT2D eigenvalue weighted by atomic mass is 16.2. The minimum absolute atomic E-state index is 0.0135. The van der Waals surface area contributed by atoms with E-state index in [2.05, 4.69) is 26.9 Å². The maximum atomic E-state index is 12.9. The van der Waals surface area contributed by atoms with Crippen LogP contribution in [0.3, 0.4) is 0 Å². The number of carbonyl (C=O) groups is 3. The third-order valence-corrected chi connectivity index (χ3v) is 6.26. The fourth-order valence-electron chi connectivity index (χ4n) is 4.86. The topological polar surface area (TPSA) is 93.8 Å². The molecule has 162 valence electrons. The van der Waals surface area contributed by atoms with Gasteiger partial charge in [-0.3, -0.25) is 14.5 Å². The van der Waals surface area contributed by atoms with Crippen molar-refractivity contribution in [2.75, 3.05) is 24.5 Å². The van der Waals surface area contributed by atoms with E-state index in [9.17, 15) is 14.4 Å². The Morgan fingerprint density at radius 2 is 2.07 bits per heavy atom. The third kappa shape index (κ3) is 4.28. The first-order valence-electron chi connectivity index (χ1n) is 10.9. The van der Waals surface area contributed by atoms with Crippen molar-refractivity contribution in [3.63, 3.8) is 0 Å². The first-order chi connectivity index (χ1) is 14.4. The average molecular weight is 414 g/mol. The van der Waals surface area contributed by atoms with Crippen LogP contribution in [0.5, 0.6) is 0 Å². The quantitative estimate of drug-likeness (QED) is 0.672. The lowest BCUT2D eigenvalue weighted by Crippen LogP contribution is -2.58. The van der Waals surface area contributed by atoms with Gasteiger partial charge in [0.05, 0.1) is 6.04 Å². The lowest BCUT2D eigenvalue weighted by molar-refractivity contribution is -0.129. The van der Waals surface area contributed by atoms with Crippen molar-refractivity contribution in [2.45, 2.75) is 63.7 Å². The van der Waals surface area contributed by atoms with Crippen LogP contribution in [0, 0.1) is 0 Å². The first-order valence-corrected chi connectivity index (χ1v) is 10.9. The Bertz CT molecular complexity index is 827. The zero-order valence-electron chi connectivity index (χ0n) is 17.7. The van der Waals surface area contributed by atoms with Crippen LogP contribution in [-0.2, 0) is 16.0 Å². The number of carbonyl (C=O) groups excluding carboxylic acids is 3. The van der Waals surface area contributed by atoms with Crippen LogP contribution >= 0.6 is 0 Å². The molecule has 0 aromatic heterocycles. The largest absolute Gasteiger partial charge is 0.353 e. The molecule has 3 aliphatic heterocycles. The number of hydrogen-bond donors (Lipinski definition) is 3. The molecule has 4 amide bonds. The van der Waals surface area contributed by atoms with Crippen LogP contribution < -0.4 is 20.9 Å². The highest BCUT2D eigenvalue weighted by Gasteiger charge is 2.44. The van der Waals surface area contributed by atoms with E-state index in [1.54, 1.807) is 0 Å². The lowest BCUT2D eigenvalue weighted by atomic mass is 10.0. The van der Waals surface area contributed by atoms with Gasteiger partial charge in [-0.25, -0.2) is 4.79 Å². The highest BCUT2D eigenvalue weighted by Crippen LogP contribution is 2.29. The maximum Gasteiger partial charge on any atom is 0.315 e. The van der Waals surface area contributed by atoms with Crippen LogP contribution in [0.4, 0.5) is 10.5 Å². The summed E-state index contributed by atoms with van der Waals surface area (Å²) in [6, 6.07) is 7.73. The Kier molecular flexibility index (Phi) is 5.94. The number of nitrogens with one attached hydrogen (secondary N) is 3. The molecular weight excluding hydrogens is 382 g/mol. The second-order valence-corrected chi connectivity index (χ2v) is 8.78. The highest BCUT2D eigenvalue weighted by molar-refractivity contribution is 5.95. The summed E-state index contributed by atoms with van der Waals surface area (Å²) in [7, 11) is 0. The van der Waals surface area contributed by atoms with Gasteiger partial charge in [-0.2, -0.15) is 0 Å². The second-order valence-electron chi connectivity index (χ2n) is 8.78. The van der Waals surface area contributed by atoms with Gasteiger partial charge >= 0.3 is 6.03 Å². The Morgan fingerprint density at radius 1 is 1.27 bits per heavy atom. The molecule has 1 aromatic carbocycles. The predicted molar refractivity (Wildman–Crippen MR) is 114 cm³/mol.